The van der Waals surface area contributed by atoms with E-state index < -0.39 is 0 Å². The van der Waals surface area contributed by atoms with Crippen molar-refractivity contribution in [3.05, 3.63) is 59.0 Å². The molecular formula is C20H22N2O2. The summed E-state index contributed by atoms with van der Waals surface area (Å²) in [7, 11) is 0. The van der Waals surface area contributed by atoms with Gasteiger partial charge >= 0.3 is 0 Å². The lowest BCUT2D eigenvalue weighted by Crippen LogP contribution is -2.29. The van der Waals surface area contributed by atoms with Crippen molar-refractivity contribution >= 4 is 17.0 Å². The van der Waals surface area contributed by atoms with Crippen LogP contribution in [0.3, 0.4) is 0 Å². The van der Waals surface area contributed by atoms with Gasteiger partial charge in [0.1, 0.15) is 11.5 Å². The standard InChI is InChI=1S/C20H22N2O2/c1-14-6-5-7-16(10-14)13-22-17-11-15(2)24-19(17)12-18(22)20(23)21-8-3-4-9-21/h5-7,10-12H,3-4,8-9,13H2,1-2H3. The molecule has 24 heavy (non-hydrogen) atoms. The van der Waals surface area contributed by atoms with E-state index in [2.05, 4.69) is 35.8 Å². The lowest BCUT2D eigenvalue weighted by Gasteiger charge is -2.17. The molecule has 1 saturated heterocycles. The van der Waals surface area contributed by atoms with Gasteiger partial charge in [-0.25, -0.2) is 0 Å². The Kier molecular flexibility index (Phi) is 3.68. The van der Waals surface area contributed by atoms with Gasteiger partial charge in [0, 0.05) is 31.8 Å². The molecule has 0 atom stereocenters. The minimum Gasteiger partial charge on any atom is -0.460 e. The molecule has 0 spiro atoms. The fourth-order valence-electron chi connectivity index (χ4n) is 3.59. The number of carbonyl (C=O) groups excluding carboxylic acids is 1. The predicted octanol–water partition coefficient (Wildman–Crippen LogP) is 4.14. The van der Waals surface area contributed by atoms with Crippen LogP contribution < -0.4 is 0 Å². The van der Waals surface area contributed by atoms with E-state index >= 15 is 0 Å². The Morgan fingerprint density at radius 3 is 2.67 bits per heavy atom. The molecule has 0 aliphatic carbocycles. The van der Waals surface area contributed by atoms with Crippen LogP contribution >= 0.6 is 0 Å². The number of aromatic nitrogens is 1. The highest BCUT2D eigenvalue weighted by molar-refractivity contribution is 5.97. The van der Waals surface area contributed by atoms with Crippen molar-refractivity contribution in [3.8, 4) is 0 Å². The second-order valence-corrected chi connectivity index (χ2v) is 6.71. The zero-order chi connectivity index (χ0) is 16.7. The summed E-state index contributed by atoms with van der Waals surface area (Å²) in [6.45, 7) is 6.43. The topological polar surface area (TPSA) is 38.4 Å². The van der Waals surface area contributed by atoms with Crippen molar-refractivity contribution in [2.24, 2.45) is 0 Å². The molecule has 124 valence electrons. The van der Waals surface area contributed by atoms with Gasteiger partial charge in [0.05, 0.1) is 5.52 Å². The molecule has 4 rings (SSSR count). The number of likely N-dealkylation sites (tertiary alicyclic amines) is 1. The molecule has 3 aromatic rings. The summed E-state index contributed by atoms with van der Waals surface area (Å²) in [5.74, 6) is 0.988. The highest BCUT2D eigenvalue weighted by Crippen LogP contribution is 2.26. The van der Waals surface area contributed by atoms with Gasteiger partial charge in [-0.3, -0.25) is 4.79 Å². The van der Waals surface area contributed by atoms with E-state index in [-0.39, 0.29) is 5.91 Å². The first-order valence-electron chi connectivity index (χ1n) is 8.56. The van der Waals surface area contributed by atoms with Gasteiger partial charge in [0.2, 0.25) is 0 Å². The normalized spacial score (nSPS) is 14.7. The van der Waals surface area contributed by atoms with Crippen molar-refractivity contribution in [3.63, 3.8) is 0 Å². The third-order valence-corrected chi connectivity index (χ3v) is 4.75. The number of fused-ring (bicyclic) bond motifs is 1. The lowest BCUT2D eigenvalue weighted by atomic mass is 10.1. The average Bonchev–Trinajstić information content (AvgIpc) is 3.25. The van der Waals surface area contributed by atoms with E-state index in [9.17, 15) is 4.79 Å². The molecule has 0 bridgehead atoms. The summed E-state index contributed by atoms with van der Waals surface area (Å²) in [5.41, 5.74) is 4.94. The summed E-state index contributed by atoms with van der Waals surface area (Å²) in [6, 6.07) is 12.4. The van der Waals surface area contributed by atoms with Crippen LogP contribution in [-0.2, 0) is 6.54 Å². The number of carbonyl (C=O) groups is 1. The molecule has 1 fully saturated rings. The molecule has 1 aliphatic heterocycles. The Hall–Kier alpha value is -2.49. The maximum atomic E-state index is 12.9. The highest BCUT2D eigenvalue weighted by atomic mass is 16.3. The van der Waals surface area contributed by atoms with E-state index in [0.29, 0.717) is 6.54 Å². The van der Waals surface area contributed by atoms with Gasteiger partial charge in [-0.05, 0) is 32.3 Å². The van der Waals surface area contributed by atoms with E-state index in [0.717, 1.165) is 48.5 Å². The SMILES string of the molecule is Cc1cccc(Cn2c(C(=O)N3CCCC3)cc3oc(C)cc32)c1. The Morgan fingerprint density at radius 2 is 1.92 bits per heavy atom. The monoisotopic (exact) mass is 322 g/mol. The van der Waals surface area contributed by atoms with Crippen LogP contribution in [0.1, 0.15) is 40.2 Å². The number of benzene rings is 1. The molecule has 0 saturated carbocycles. The predicted molar refractivity (Wildman–Crippen MR) is 94.4 cm³/mol. The highest BCUT2D eigenvalue weighted by Gasteiger charge is 2.25. The number of aryl methyl sites for hydroxylation is 2. The molecule has 0 N–H and O–H groups in total. The van der Waals surface area contributed by atoms with Crippen LogP contribution in [0.4, 0.5) is 0 Å². The number of nitrogens with zero attached hydrogens (tertiary/aromatic N) is 2. The first kappa shape index (κ1) is 15.1. The van der Waals surface area contributed by atoms with Gasteiger partial charge in [-0.2, -0.15) is 0 Å². The molecule has 3 heterocycles. The van der Waals surface area contributed by atoms with Crippen molar-refractivity contribution in [1.82, 2.24) is 9.47 Å². The summed E-state index contributed by atoms with van der Waals surface area (Å²) >= 11 is 0. The molecular weight excluding hydrogens is 300 g/mol. The third kappa shape index (κ3) is 2.62. The van der Waals surface area contributed by atoms with E-state index in [1.165, 1.54) is 11.1 Å². The second-order valence-electron chi connectivity index (χ2n) is 6.71. The number of amides is 1. The van der Waals surface area contributed by atoms with Crippen molar-refractivity contribution in [2.45, 2.75) is 33.2 Å². The van der Waals surface area contributed by atoms with Crippen molar-refractivity contribution < 1.29 is 9.21 Å². The molecule has 4 heteroatoms. The fraction of sp³-hybridized carbons (Fsp3) is 0.350. The molecule has 1 amide bonds. The largest absolute Gasteiger partial charge is 0.460 e. The van der Waals surface area contributed by atoms with Gasteiger partial charge in [-0.15, -0.1) is 0 Å². The number of hydrogen-bond acceptors (Lipinski definition) is 2. The maximum Gasteiger partial charge on any atom is 0.270 e. The maximum absolute atomic E-state index is 12.9. The molecule has 0 unspecified atom stereocenters. The Morgan fingerprint density at radius 1 is 1.12 bits per heavy atom. The fourth-order valence-corrected chi connectivity index (χ4v) is 3.59. The van der Waals surface area contributed by atoms with Crippen LogP contribution in [0.5, 0.6) is 0 Å². The van der Waals surface area contributed by atoms with E-state index in [4.69, 9.17) is 4.42 Å². The van der Waals surface area contributed by atoms with Crippen molar-refractivity contribution in [2.75, 3.05) is 13.1 Å². The minimum atomic E-state index is 0.115. The van der Waals surface area contributed by atoms with Crippen LogP contribution in [-0.4, -0.2) is 28.5 Å². The second kappa shape index (κ2) is 5.86. The first-order valence-corrected chi connectivity index (χ1v) is 8.56. The number of hydrogen-bond donors (Lipinski definition) is 0. The van der Waals surface area contributed by atoms with Gasteiger partial charge in [-0.1, -0.05) is 29.8 Å². The van der Waals surface area contributed by atoms with Gasteiger partial charge in [0.15, 0.2) is 5.58 Å². The minimum absolute atomic E-state index is 0.115. The molecule has 4 nitrogen and oxygen atoms in total. The van der Waals surface area contributed by atoms with Crippen LogP contribution in [0.25, 0.3) is 11.1 Å². The zero-order valence-corrected chi connectivity index (χ0v) is 14.2. The summed E-state index contributed by atoms with van der Waals surface area (Å²) in [5, 5.41) is 0. The first-order chi connectivity index (χ1) is 11.6. The molecule has 1 aliphatic rings. The Balaban J connectivity index is 1.78. The summed E-state index contributed by atoms with van der Waals surface area (Å²) in [6.07, 6.45) is 2.19. The van der Waals surface area contributed by atoms with E-state index in [1.54, 1.807) is 0 Å². The van der Waals surface area contributed by atoms with Crippen LogP contribution in [0, 0.1) is 13.8 Å². The Bertz CT molecular complexity index is 898. The van der Waals surface area contributed by atoms with Crippen molar-refractivity contribution in [1.29, 1.82) is 0 Å². The molecule has 1 aromatic carbocycles. The molecule has 0 radical (unpaired) electrons. The summed E-state index contributed by atoms with van der Waals surface area (Å²) < 4.78 is 7.87. The zero-order valence-electron chi connectivity index (χ0n) is 14.2. The lowest BCUT2D eigenvalue weighted by molar-refractivity contribution is 0.0783. The smallest absolute Gasteiger partial charge is 0.270 e. The average molecular weight is 322 g/mol. The van der Waals surface area contributed by atoms with Crippen LogP contribution in [0.15, 0.2) is 40.8 Å². The van der Waals surface area contributed by atoms with E-state index in [1.807, 2.05) is 24.0 Å². The Labute approximate surface area is 141 Å². The van der Waals surface area contributed by atoms with Gasteiger partial charge in [0.25, 0.3) is 5.91 Å². The molecule has 2 aromatic heterocycles. The summed E-state index contributed by atoms with van der Waals surface area (Å²) in [4.78, 5) is 14.9. The number of rotatable bonds is 3. The quantitative estimate of drug-likeness (QED) is 0.727. The van der Waals surface area contributed by atoms with Crippen LogP contribution in [0.2, 0.25) is 0 Å². The third-order valence-electron chi connectivity index (χ3n) is 4.75. The van der Waals surface area contributed by atoms with Gasteiger partial charge < -0.3 is 13.9 Å². The number of furan rings is 1.